The van der Waals surface area contributed by atoms with Crippen molar-refractivity contribution in [3.05, 3.63) is 35.5 Å². The van der Waals surface area contributed by atoms with E-state index in [4.69, 9.17) is 0 Å². The van der Waals surface area contributed by atoms with E-state index in [-0.39, 0.29) is 16.9 Å². The first-order valence-corrected chi connectivity index (χ1v) is 7.86. The number of hydrogen-bond donors (Lipinski definition) is 0. The molecule has 0 N–H and O–H groups in total. The average Bonchev–Trinajstić information content (AvgIpc) is 2.60. The van der Waals surface area contributed by atoms with Crippen LogP contribution in [0.2, 0.25) is 0 Å². The molecule has 0 bridgehead atoms. The minimum atomic E-state index is -0.521. The lowest BCUT2D eigenvalue weighted by Gasteiger charge is -2.37. The van der Waals surface area contributed by atoms with E-state index in [9.17, 15) is 8.78 Å². The summed E-state index contributed by atoms with van der Waals surface area (Å²) in [5.41, 5.74) is 1.64. The van der Waals surface area contributed by atoms with E-state index in [1.807, 2.05) is 13.1 Å². The van der Waals surface area contributed by atoms with Crippen molar-refractivity contribution in [1.82, 2.24) is 4.57 Å². The van der Waals surface area contributed by atoms with Gasteiger partial charge in [0.25, 0.3) is 0 Å². The van der Waals surface area contributed by atoms with Crippen LogP contribution in [0.1, 0.15) is 59.6 Å². The van der Waals surface area contributed by atoms with Gasteiger partial charge >= 0.3 is 0 Å². The minimum Gasteiger partial charge on any atom is -0.343 e. The van der Waals surface area contributed by atoms with Crippen molar-refractivity contribution in [2.75, 3.05) is 0 Å². The van der Waals surface area contributed by atoms with Gasteiger partial charge in [-0.25, -0.2) is 8.78 Å². The fraction of sp³-hybridized carbons (Fsp3) is 0.579. The number of fused-ring (bicyclic) bond motifs is 1. The quantitative estimate of drug-likeness (QED) is 0.618. The predicted octanol–water partition coefficient (Wildman–Crippen LogP) is 6.25. The topological polar surface area (TPSA) is 4.93 Å². The molecule has 0 saturated heterocycles. The lowest BCUT2D eigenvalue weighted by Crippen LogP contribution is -2.28. The summed E-state index contributed by atoms with van der Waals surface area (Å²) in [6, 6.07) is 2.59. The number of halogens is 2. The Bertz CT molecular complexity index is 684. The lowest BCUT2D eigenvalue weighted by atomic mass is 9.76. The summed E-state index contributed by atoms with van der Waals surface area (Å²) in [5, 5.41) is 0.532. The Labute approximate surface area is 132 Å². The molecule has 1 heterocycles. The molecule has 1 aromatic heterocycles. The molecule has 0 spiro atoms. The second-order valence-electron chi connectivity index (χ2n) is 8.65. The summed E-state index contributed by atoms with van der Waals surface area (Å²) < 4.78 is 30.0. The van der Waals surface area contributed by atoms with Crippen molar-refractivity contribution in [3.63, 3.8) is 0 Å². The highest BCUT2D eigenvalue weighted by Gasteiger charge is 2.32. The smallest absolute Gasteiger partial charge is 0.135 e. The van der Waals surface area contributed by atoms with Gasteiger partial charge in [0.2, 0.25) is 0 Å². The van der Waals surface area contributed by atoms with Crippen LogP contribution in [0, 0.1) is 29.4 Å². The molecule has 0 fully saturated rings. The Morgan fingerprint density at radius 1 is 1.05 bits per heavy atom. The Kier molecular flexibility index (Phi) is 4.14. The molecular formula is C19H27F2N. The second-order valence-corrected chi connectivity index (χ2v) is 8.65. The monoisotopic (exact) mass is 307 g/mol. The number of benzene rings is 1. The molecule has 0 aliphatic heterocycles. The standard InChI is InChI=1S/C19H27F2N/c1-12-11-22(15-9-13(20)8-14(21)17(12)15)16(19(5,6)7)10-18(2,3)4/h8-9,11,16H,10H2,1-7H3. The molecule has 22 heavy (non-hydrogen) atoms. The number of hydrogen-bond acceptors (Lipinski definition) is 0. The van der Waals surface area contributed by atoms with Gasteiger partial charge in [0.15, 0.2) is 0 Å². The Balaban J connectivity index is 2.69. The molecule has 0 aliphatic rings. The Morgan fingerprint density at radius 2 is 1.64 bits per heavy atom. The lowest BCUT2D eigenvalue weighted by molar-refractivity contribution is 0.174. The van der Waals surface area contributed by atoms with Crippen LogP contribution in [0.5, 0.6) is 0 Å². The van der Waals surface area contributed by atoms with Crippen LogP contribution >= 0.6 is 0 Å². The van der Waals surface area contributed by atoms with Gasteiger partial charge < -0.3 is 4.57 Å². The molecule has 0 radical (unpaired) electrons. The van der Waals surface area contributed by atoms with Crippen molar-refractivity contribution in [3.8, 4) is 0 Å². The highest BCUT2D eigenvalue weighted by Crippen LogP contribution is 2.42. The van der Waals surface area contributed by atoms with E-state index in [2.05, 4.69) is 46.1 Å². The van der Waals surface area contributed by atoms with E-state index in [1.165, 1.54) is 6.07 Å². The highest BCUT2D eigenvalue weighted by molar-refractivity contribution is 5.84. The predicted molar refractivity (Wildman–Crippen MR) is 89.2 cm³/mol. The minimum absolute atomic E-state index is 0.00549. The van der Waals surface area contributed by atoms with Crippen LogP contribution < -0.4 is 0 Å². The molecule has 2 rings (SSSR count). The Morgan fingerprint density at radius 3 is 2.14 bits per heavy atom. The van der Waals surface area contributed by atoms with Crippen LogP contribution in [-0.4, -0.2) is 4.57 Å². The molecule has 1 unspecified atom stereocenters. The third-order valence-corrected chi connectivity index (χ3v) is 4.18. The van der Waals surface area contributed by atoms with Crippen molar-refractivity contribution >= 4 is 10.9 Å². The summed E-state index contributed by atoms with van der Waals surface area (Å²) in [5.74, 6) is -0.998. The zero-order valence-electron chi connectivity index (χ0n) is 14.7. The summed E-state index contributed by atoms with van der Waals surface area (Å²) >= 11 is 0. The van der Waals surface area contributed by atoms with E-state index in [0.717, 1.165) is 18.1 Å². The molecule has 1 atom stereocenters. The second kappa shape index (κ2) is 5.36. The Hall–Kier alpha value is -1.38. The van der Waals surface area contributed by atoms with Gasteiger partial charge in [-0.05, 0) is 35.8 Å². The first-order chi connectivity index (χ1) is 9.90. The van der Waals surface area contributed by atoms with Crippen molar-refractivity contribution in [2.24, 2.45) is 10.8 Å². The molecule has 2 aromatic rings. The number of rotatable bonds is 2. The third kappa shape index (κ3) is 3.34. The molecule has 1 aromatic carbocycles. The summed E-state index contributed by atoms with van der Waals surface area (Å²) in [4.78, 5) is 0. The summed E-state index contributed by atoms with van der Waals surface area (Å²) in [6.07, 6.45) is 2.91. The van der Waals surface area contributed by atoms with Gasteiger partial charge in [-0.1, -0.05) is 41.5 Å². The van der Waals surface area contributed by atoms with Crippen molar-refractivity contribution in [2.45, 2.75) is 60.9 Å². The van der Waals surface area contributed by atoms with Crippen LogP contribution in [0.3, 0.4) is 0 Å². The fourth-order valence-corrected chi connectivity index (χ4v) is 3.16. The van der Waals surface area contributed by atoms with Crippen molar-refractivity contribution in [1.29, 1.82) is 0 Å². The normalized spacial score (nSPS) is 14.6. The van der Waals surface area contributed by atoms with Gasteiger partial charge in [-0.3, -0.25) is 0 Å². The first kappa shape index (κ1) is 17.0. The van der Waals surface area contributed by atoms with E-state index < -0.39 is 11.6 Å². The van der Waals surface area contributed by atoms with Gasteiger partial charge in [0.05, 0.1) is 5.52 Å². The zero-order chi connectivity index (χ0) is 16.9. The van der Waals surface area contributed by atoms with Crippen molar-refractivity contribution < 1.29 is 8.78 Å². The van der Waals surface area contributed by atoms with E-state index in [1.54, 1.807) is 0 Å². The molecule has 0 aliphatic carbocycles. The maximum Gasteiger partial charge on any atom is 0.135 e. The molecule has 122 valence electrons. The third-order valence-electron chi connectivity index (χ3n) is 4.18. The molecule has 0 saturated carbocycles. The molecule has 0 amide bonds. The average molecular weight is 307 g/mol. The molecule has 1 nitrogen and oxygen atoms in total. The zero-order valence-corrected chi connectivity index (χ0v) is 14.7. The summed E-state index contributed by atoms with van der Waals surface area (Å²) in [6.45, 7) is 15.0. The first-order valence-electron chi connectivity index (χ1n) is 7.86. The van der Waals surface area contributed by atoms with Crippen LogP contribution in [0.4, 0.5) is 8.78 Å². The maximum atomic E-state index is 14.2. The van der Waals surface area contributed by atoms with Gasteiger partial charge in [0.1, 0.15) is 11.6 Å². The maximum absolute atomic E-state index is 14.2. The number of aryl methyl sites for hydroxylation is 1. The fourth-order valence-electron chi connectivity index (χ4n) is 3.16. The SMILES string of the molecule is Cc1cn(C(CC(C)(C)C)C(C)(C)C)c2cc(F)cc(F)c12. The van der Waals surface area contributed by atoms with Crippen LogP contribution in [-0.2, 0) is 0 Å². The van der Waals surface area contributed by atoms with Gasteiger partial charge in [-0.2, -0.15) is 0 Å². The van der Waals surface area contributed by atoms with Gasteiger partial charge in [-0.15, -0.1) is 0 Å². The largest absolute Gasteiger partial charge is 0.343 e. The molecule has 3 heteroatoms. The molecular weight excluding hydrogens is 280 g/mol. The number of nitrogens with zero attached hydrogens (tertiary/aromatic N) is 1. The van der Waals surface area contributed by atoms with Crippen LogP contribution in [0.25, 0.3) is 10.9 Å². The van der Waals surface area contributed by atoms with E-state index >= 15 is 0 Å². The number of aromatic nitrogens is 1. The van der Waals surface area contributed by atoms with Crippen LogP contribution in [0.15, 0.2) is 18.3 Å². The van der Waals surface area contributed by atoms with E-state index in [0.29, 0.717) is 10.9 Å². The highest BCUT2D eigenvalue weighted by atomic mass is 19.1. The summed E-state index contributed by atoms with van der Waals surface area (Å²) in [7, 11) is 0. The van der Waals surface area contributed by atoms with Gasteiger partial charge in [0, 0.05) is 23.7 Å².